The number of carbonyl (C=O) groups excluding carboxylic acids is 1. The third kappa shape index (κ3) is 3.23. The Morgan fingerprint density at radius 1 is 1.69 bits per heavy atom. The minimum Gasteiger partial charge on any atom is -0.393 e. The molecule has 1 amide bonds. The molecule has 1 rings (SSSR count). The van der Waals surface area contributed by atoms with Crippen molar-refractivity contribution in [2.75, 3.05) is 13.2 Å². The molecule has 0 bridgehead atoms. The smallest absolute Gasteiger partial charge is 0.268 e. The van der Waals surface area contributed by atoms with E-state index in [1.54, 1.807) is 17.8 Å². The highest BCUT2D eigenvalue weighted by Crippen LogP contribution is 2.12. The lowest BCUT2D eigenvalue weighted by molar-refractivity contribution is 0.00313. The molecule has 0 aliphatic heterocycles. The SMILES string of the molecule is Cn1cc(Cl)cc1C(=O)NCC(C)(O)CO. The van der Waals surface area contributed by atoms with Crippen LogP contribution in [0.1, 0.15) is 17.4 Å². The summed E-state index contributed by atoms with van der Waals surface area (Å²) in [5, 5.41) is 21.3. The van der Waals surface area contributed by atoms with Gasteiger partial charge >= 0.3 is 0 Å². The fourth-order valence-corrected chi connectivity index (χ4v) is 1.42. The van der Waals surface area contributed by atoms with Gasteiger partial charge in [0.1, 0.15) is 11.3 Å². The number of nitrogens with one attached hydrogen (secondary N) is 1. The molecule has 5 nitrogen and oxygen atoms in total. The van der Waals surface area contributed by atoms with Gasteiger partial charge in [0.25, 0.3) is 5.91 Å². The Morgan fingerprint density at radius 2 is 2.31 bits per heavy atom. The van der Waals surface area contributed by atoms with Crippen LogP contribution in [0.15, 0.2) is 12.3 Å². The molecule has 1 unspecified atom stereocenters. The highest BCUT2D eigenvalue weighted by atomic mass is 35.5. The molecular formula is C10H15ClN2O3. The third-order valence-corrected chi connectivity index (χ3v) is 2.38. The number of carbonyl (C=O) groups is 1. The van der Waals surface area contributed by atoms with Crippen molar-refractivity contribution in [3.8, 4) is 0 Å². The summed E-state index contributed by atoms with van der Waals surface area (Å²) in [6, 6.07) is 1.53. The number of aliphatic hydroxyl groups is 2. The van der Waals surface area contributed by atoms with Crippen LogP contribution >= 0.6 is 11.6 Å². The van der Waals surface area contributed by atoms with Crippen LogP contribution in [0.25, 0.3) is 0 Å². The molecule has 6 heteroatoms. The molecule has 1 aromatic rings. The summed E-state index contributed by atoms with van der Waals surface area (Å²) >= 11 is 5.74. The summed E-state index contributed by atoms with van der Waals surface area (Å²) < 4.78 is 1.59. The highest BCUT2D eigenvalue weighted by molar-refractivity contribution is 6.31. The van der Waals surface area contributed by atoms with Gasteiger partial charge in [-0.15, -0.1) is 0 Å². The number of aromatic nitrogens is 1. The third-order valence-electron chi connectivity index (χ3n) is 2.17. The molecule has 3 N–H and O–H groups in total. The van der Waals surface area contributed by atoms with E-state index in [2.05, 4.69) is 5.32 Å². The van der Waals surface area contributed by atoms with Crippen molar-refractivity contribution in [1.29, 1.82) is 0 Å². The summed E-state index contributed by atoms with van der Waals surface area (Å²) in [4.78, 5) is 11.7. The van der Waals surface area contributed by atoms with Crippen LogP contribution in [0, 0.1) is 0 Å². The van der Waals surface area contributed by atoms with Crippen molar-refractivity contribution in [3.05, 3.63) is 23.0 Å². The number of hydrogen-bond acceptors (Lipinski definition) is 3. The van der Waals surface area contributed by atoms with Gasteiger partial charge < -0.3 is 20.1 Å². The van der Waals surface area contributed by atoms with Crippen LogP contribution in [0.3, 0.4) is 0 Å². The van der Waals surface area contributed by atoms with Crippen molar-refractivity contribution in [1.82, 2.24) is 9.88 Å². The van der Waals surface area contributed by atoms with E-state index in [1.807, 2.05) is 0 Å². The Balaban J connectivity index is 2.63. The summed E-state index contributed by atoms with van der Waals surface area (Å²) in [7, 11) is 1.70. The number of hydrogen-bond donors (Lipinski definition) is 3. The maximum Gasteiger partial charge on any atom is 0.268 e. The summed E-state index contributed by atoms with van der Waals surface area (Å²) in [6.07, 6.45) is 1.61. The van der Waals surface area contributed by atoms with Gasteiger partial charge in [0, 0.05) is 19.8 Å². The molecule has 0 saturated carbocycles. The molecular weight excluding hydrogens is 232 g/mol. The zero-order valence-electron chi connectivity index (χ0n) is 9.20. The minimum atomic E-state index is -1.31. The van der Waals surface area contributed by atoms with Gasteiger partial charge in [0.2, 0.25) is 0 Å². The first kappa shape index (κ1) is 13.0. The van der Waals surface area contributed by atoms with Gasteiger partial charge in [0.15, 0.2) is 0 Å². The summed E-state index contributed by atoms with van der Waals surface area (Å²) in [6.45, 7) is 0.998. The highest BCUT2D eigenvalue weighted by Gasteiger charge is 2.21. The fourth-order valence-electron chi connectivity index (χ4n) is 1.17. The maximum absolute atomic E-state index is 11.7. The number of aliphatic hydroxyl groups excluding tert-OH is 1. The van der Waals surface area contributed by atoms with E-state index in [-0.39, 0.29) is 12.5 Å². The van der Waals surface area contributed by atoms with Crippen LogP contribution in [0.4, 0.5) is 0 Å². The summed E-state index contributed by atoms with van der Waals surface area (Å²) in [5.74, 6) is -0.344. The lowest BCUT2D eigenvalue weighted by Crippen LogP contribution is -2.43. The van der Waals surface area contributed by atoms with E-state index in [0.29, 0.717) is 10.7 Å². The first-order chi connectivity index (χ1) is 7.35. The lowest BCUT2D eigenvalue weighted by Gasteiger charge is -2.20. The standard InChI is InChI=1S/C10H15ClN2O3/c1-10(16,6-14)5-12-9(15)8-3-7(11)4-13(8)2/h3-4,14,16H,5-6H2,1-2H3,(H,12,15). The average molecular weight is 247 g/mol. The number of halogens is 1. The second-order valence-corrected chi connectivity index (χ2v) is 4.43. The number of nitrogens with zero attached hydrogens (tertiary/aromatic N) is 1. The Bertz CT molecular complexity index is 387. The molecule has 0 radical (unpaired) electrons. The number of rotatable bonds is 4. The van der Waals surface area contributed by atoms with Gasteiger partial charge in [0.05, 0.1) is 11.6 Å². The maximum atomic E-state index is 11.7. The Kier molecular flexibility index (Phi) is 3.96. The largest absolute Gasteiger partial charge is 0.393 e. The van der Waals surface area contributed by atoms with Gasteiger partial charge in [-0.3, -0.25) is 4.79 Å². The quantitative estimate of drug-likeness (QED) is 0.708. The first-order valence-electron chi connectivity index (χ1n) is 4.79. The normalized spacial score (nSPS) is 14.6. The first-order valence-corrected chi connectivity index (χ1v) is 5.17. The second-order valence-electron chi connectivity index (χ2n) is 3.99. The minimum absolute atomic E-state index is 0.0227. The van der Waals surface area contributed by atoms with Crippen molar-refractivity contribution < 1.29 is 15.0 Å². The van der Waals surface area contributed by atoms with E-state index in [0.717, 1.165) is 0 Å². The van der Waals surface area contributed by atoms with Crippen molar-refractivity contribution in [2.24, 2.45) is 7.05 Å². The van der Waals surface area contributed by atoms with Crippen molar-refractivity contribution in [2.45, 2.75) is 12.5 Å². The van der Waals surface area contributed by atoms with Crippen molar-refractivity contribution >= 4 is 17.5 Å². The molecule has 0 aliphatic carbocycles. The Hall–Kier alpha value is -1.04. The Morgan fingerprint density at radius 3 is 2.75 bits per heavy atom. The molecule has 90 valence electrons. The topological polar surface area (TPSA) is 74.5 Å². The summed E-state index contributed by atoms with van der Waals surface area (Å²) in [5.41, 5.74) is -0.913. The predicted octanol–water partition coefficient (Wildman–Crippen LogP) is 0.152. The van der Waals surface area contributed by atoms with Crippen LogP contribution in [-0.2, 0) is 7.05 Å². The monoisotopic (exact) mass is 246 g/mol. The van der Waals surface area contributed by atoms with E-state index in [9.17, 15) is 9.90 Å². The molecule has 1 atom stereocenters. The predicted molar refractivity (Wildman–Crippen MR) is 60.5 cm³/mol. The van der Waals surface area contributed by atoms with E-state index in [1.165, 1.54) is 13.0 Å². The fraction of sp³-hybridized carbons (Fsp3) is 0.500. The van der Waals surface area contributed by atoms with Gasteiger partial charge in [-0.2, -0.15) is 0 Å². The van der Waals surface area contributed by atoms with Gasteiger partial charge in [-0.05, 0) is 13.0 Å². The van der Waals surface area contributed by atoms with E-state index < -0.39 is 12.2 Å². The molecule has 0 saturated heterocycles. The molecule has 0 aromatic carbocycles. The van der Waals surface area contributed by atoms with Crippen molar-refractivity contribution in [3.63, 3.8) is 0 Å². The van der Waals surface area contributed by atoms with Crippen LogP contribution in [-0.4, -0.2) is 39.4 Å². The van der Waals surface area contributed by atoms with E-state index in [4.69, 9.17) is 16.7 Å². The second kappa shape index (κ2) is 4.86. The van der Waals surface area contributed by atoms with Gasteiger partial charge in [-0.1, -0.05) is 11.6 Å². The molecule has 16 heavy (non-hydrogen) atoms. The van der Waals surface area contributed by atoms with Gasteiger partial charge in [-0.25, -0.2) is 0 Å². The molecule has 0 spiro atoms. The Labute approximate surface area is 98.6 Å². The van der Waals surface area contributed by atoms with Crippen LogP contribution < -0.4 is 5.32 Å². The van der Waals surface area contributed by atoms with Crippen LogP contribution in [0.2, 0.25) is 5.02 Å². The zero-order chi connectivity index (χ0) is 12.3. The van der Waals surface area contributed by atoms with Crippen LogP contribution in [0.5, 0.6) is 0 Å². The molecule has 0 fully saturated rings. The average Bonchev–Trinajstić information content (AvgIpc) is 2.54. The number of aryl methyl sites for hydroxylation is 1. The number of amides is 1. The molecule has 1 heterocycles. The zero-order valence-corrected chi connectivity index (χ0v) is 9.95. The van der Waals surface area contributed by atoms with E-state index >= 15 is 0 Å². The molecule has 1 aromatic heterocycles. The molecule has 0 aliphatic rings. The lowest BCUT2D eigenvalue weighted by atomic mass is 10.1.